The monoisotopic (exact) mass is 122 g/mol. The fraction of sp³-hybridized carbons (Fsp3) is 0.556. The molecule has 1 rings (SSSR count). The maximum atomic E-state index is 2.31. The van der Waals surface area contributed by atoms with Crippen LogP contribution >= 0.6 is 0 Å². The van der Waals surface area contributed by atoms with E-state index >= 15 is 0 Å². The van der Waals surface area contributed by atoms with Gasteiger partial charge in [0.15, 0.2) is 0 Å². The molecule has 0 saturated carbocycles. The minimum Gasteiger partial charge on any atom is -0.0844 e. The standard InChI is InChI=1S/C9H14/c1-3-9-6-4-5-8(2)7-9/h3,7H,4-6H2,1-2H3/b9-3+. The van der Waals surface area contributed by atoms with E-state index in [9.17, 15) is 0 Å². The number of allylic oxidation sites excluding steroid dienone is 4. The molecule has 0 aliphatic heterocycles. The maximum absolute atomic E-state index is 2.31. The van der Waals surface area contributed by atoms with Crippen LogP contribution in [0, 0.1) is 0 Å². The summed E-state index contributed by atoms with van der Waals surface area (Å²) in [6, 6.07) is 0. The quantitative estimate of drug-likeness (QED) is 0.463. The number of hydrogen-bond acceptors (Lipinski definition) is 0. The average Bonchev–Trinajstić information content (AvgIpc) is 1.88. The van der Waals surface area contributed by atoms with Gasteiger partial charge in [-0.2, -0.15) is 0 Å². The number of rotatable bonds is 0. The van der Waals surface area contributed by atoms with Crippen molar-refractivity contribution in [3.63, 3.8) is 0 Å². The Bertz CT molecular complexity index is 149. The highest BCUT2D eigenvalue weighted by Gasteiger charge is 2.00. The van der Waals surface area contributed by atoms with Crippen LogP contribution in [0.25, 0.3) is 0 Å². The van der Waals surface area contributed by atoms with Gasteiger partial charge in [-0.05, 0) is 33.1 Å². The van der Waals surface area contributed by atoms with Gasteiger partial charge in [-0.3, -0.25) is 0 Å². The lowest BCUT2D eigenvalue weighted by molar-refractivity contribution is 0.783. The highest BCUT2D eigenvalue weighted by Crippen LogP contribution is 2.20. The molecule has 0 atom stereocenters. The van der Waals surface area contributed by atoms with E-state index in [-0.39, 0.29) is 0 Å². The molecule has 0 radical (unpaired) electrons. The molecule has 0 nitrogen and oxygen atoms in total. The largest absolute Gasteiger partial charge is 0.0844 e. The summed E-state index contributed by atoms with van der Waals surface area (Å²) >= 11 is 0. The van der Waals surface area contributed by atoms with E-state index in [1.807, 2.05) is 0 Å². The second-order valence-corrected chi connectivity index (χ2v) is 2.71. The van der Waals surface area contributed by atoms with Crippen molar-refractivity contribution in [3.8, 4) is 0 Å². The first kappa shape index (κ1) is 6.60. The van der Waals surface area contributed by atoms with E-state index in [2.05, 4.69) is 26.0 Å². The van der Waals surface area contributed by atoms with Crippen LogP contribution in [-0.2, 0) is 0 Å². The summed E-state index contributed by atoms with van der Waals surface area (Å²) in [5.41, 5.74) is 3.05. The Morgan fingerprint density at radius 2 is 2.22 bits per heavy atom. The van der Waals surface area contributed by atoms with Gasteiger partial charge in [-0.25, -0.2) is 0 Å². The van der Waals surface area contributed by atoms with Crippen molar-refractivity contribution in [2.75, 3.05) is 0 Å². The molecule has 0 aromatic heterocycles. The Hall–Kier alpha value is -0.520. The molecule has 0 unspecified atom stereocenters. The summed E-state index contributed by atoms with van der Waals surface area (Å²) in [6.07, 6.45) is 8.46. The predicted octanol–water partition coefficient (Wildman–Crippen LogP) is 3.06. The highest BCUT2D eigenvalue weighted by atomic mass is 14.1. The number of hydrogen-bond donors (Lipinski definition) is 0. The summed E-state index contributed by atoms with van der Waals surface area (Å²) in [7, 11) is 0. The molecule has 0 heteroatoms. The third-order valence-electron chi connectivity index (χ3n) is 1.84. The lowest BCUT2D eigenvalue weighted by atomic mass is 9.96. The molecule has 50 valence electrons. The molecule has 0 spiro atoms. The van der Waals surface area contributed by atoms with Crippen molar-refractivity contribution in [2.45, 2.75) is 33.1 Å². The van der Waals surface area contributed by atoms with Gasteiger partial charge in [-0.15, -0.1) is 0 Å². The molecule has 0 N–H and O–H groups in total. The van der Waals surface area contributed by atoms with Crippen molar-refractivity contribution in [1.29, 1.82) is 0 Å². The molecule has 0 saturated heterocycles. The third-order valence-corrected chi connectivity index (χ3v) is 1.84. The van der Waals surface area contributed by atoms with Crippen LogP contribution in [-0.4, -0.2) is 0 Å². The molecule has 0 bridgehead atoms. The first-order valence-corrected chi connectivity index (χ1v) is 3.65. The zero-order valence-electron chi connectivity index (χ0n) is 6.28. The zero-order valence-corrected chi connectivity index (χ0v) is 6.28. The van der Waals surface area contributed by atoms with E-state index in [1.54, 1.807) is 0 Å². The van der Waals surface area contributed by atoms with Crippen molar-refractivity contribution < 1.29 is 0 Å². The summed E-state index contributed by atoms with van der Waals surface area (Å²) in [4.78, 5) is 0. The van der Waals surface area contributed by atoms with Crippen LogP contribution in [0.1, 0.15) is 33.1 Å². The highest BCUT2D eigenvalue weighted by molar-refractivity contribution is 5.25. The molecule has 0 heterocycles. The normalized spacial score (nSPS) is 24.2. The van der Waals surface area contributed by atoms with Crippen molar-refractivity contribution in [2.24, 2.45) is 0 Å². The second kappa shape index (κ2) is 2.86. The van der Waals surface area contributed by atoms with Gasteiger partial charge < -0.3 is 0 Å². The Kier molecular flexibility index (Phi) is 2.10. The zero-order chi connectivity index (χ0) is 6.69. The van der Waals surface area contributed by atoms with E-state index in [4.69, 9.17) is 0 Å². The van der Waals surface area contributed by atoms with Crippen LogP contribution in [0.5, 0.6) is 0 Å². The van der Waals surface area contributed by atoms with Gasteiger partial charge >= 0.3 is 0 Å². The molecule has 9 heavy (non-hydrogen) atoms. The Morgan fingerprint density at radius 1 is 1.44 bits per heavy atom. The van der Waals surface area contributed by atoms with Crippen molar-refractivity contribution in [3.05, 3.63) is 23.3 Å². The van der Waals surface area contributed by atoms with E-state index in [0.717, 1.165) is 0 Å². The van der Waals surface area contributed by atoms with Crippen LogP contribution < -0.4 is 0 Å². The molecule has 0 aromatic carbocycles. The molecule has 0 fully saturated rings. The van der Waals surface area contributed by atoms with Gasteiger partial charge in [0.25, 0.3) is 0 Å². The van der Waals surface area contributed by atoms with E-state index < -0.39 is 0 Å². The minimum atomic E-state index is 1.29. The average molecular weight is 122 g/mol. The van der Waals surface area contributed by atoms with Crippen molar-refractivity contribution >= 4 is 0 Å². The van der Waals surface area contributed by atoms with Gasteiger partial charge in [-0.1, -0.05) is 23.3 Å². The van der Waals surface area contributed by atoms with Crippen LogP contribution in [0.2, 0.25) is 0 Å². The lowest BCUT2D eigenvalue weighted by Gasteiger charge is -2.10. The SMILES string of the molecule is C/C=C1/C=C(C)CCC1. The molecule has 1 aliphatic carbocycles. The fourth-order valence-electron chi connectivity index (χ4n) is 1.26. The minimum absolute atomic E-state index is 1.29. The first-order chi connectivity index (χ1) is 4.33. The summed E-state index contributed by atoms with van der Waals surface area (Å²) in [6.45, 7) is 4.33. The maximum Gasteiger partial charge on any atom is -0.0279 e. The van der Waals surface area contributed by atoms with E-state index in [0.29, 0.717) is 0 Å². The molecular formula is C9H14. The van der Waals surface area contributed by atoms with Gasteiger partial charge in [0.1, 0.15) is 0 Å². The molecular weight excluding hydrogens is 108 g/mol. The lowest BCUT2D eigenvalue weighted by Crippen LogP contribution is -1.90. The Morgan fingerprint density at radius 3 is 2.67 bits per heavy atom. The van der Waals surface area contributed by atoms with Gasteiger partial charge in [0.2, 0.25) is 0 Å². The van der Waals surface area contributed by atoms with Gasteiger partial charge in [0.05, 0.1) is 0 Å². The summed E-state index contributed by atoms with van der Waals surface area (Å²) in [5.74, 6) is 0. The topological polar surface area (TPSA) is 0 Å². The summed E-state index contributed by atoms with van der Waals surface area (Å²) < 4.78 is 0. The fourth-order valence-corrected chi connectivity index (χ4v) is 1.26. The van der Waals surface area contributed by atoms with Gasteiger partial charge in [0, 0.05) is 0 Å². The Balaban J connectivity index is 2.68. The molecule has 0 amide bonds. The van der Waals surface area contributed by atoms with Crippen molar-refractivity contribution in [1.82, 2.24) is 0 Å². The molecule has 0 aromatic rings. The predicted molar refractivity (Wildman–Crippen MR) is 41.4 cm³/mol. The second-order valence-electron chi connectivity index (χ2n) is 2.71. The van der Waals surface area contributed by atoms with Crippen LogP contribution in [0.3, 0.4) is 0 Å². The summed E-state index contributed by atoms with van der Waals surface area (Å²) in [5, 5.41) is 0. The van der Waals surface area contributed by atoms with Crippen LogP contribution in [0.4, 0.5) is 0 Å². The Labute approximate surface area is 57.3 Å². The first-order valence-electron chi connectivity index (χ1n) is 3.65. The third kappa shape index (κ3) is 1.70. The van der Waals surface area contributed by atoms with Crippen LogP contribution in [0.15, 0.2) is 23.3 Å². The van der Waals surface area contributed by atoms with E-state index in [1.165, 1.54) is 30.4 Å². The molecule has 1 aliphatic rings. The smallest absolute Gasteiger partial charge is 0.0279 e.